The fraction of sp³-hybridized carbons (Fsp3) is 0.800. The maximum absolute atomic E-state index is 4.66. The summed E-state index contributed by atoms with van der Waals surface area (Å²) in [4.78, 5) is 11.0. The van der Waals surface area contributed by atoms with Crippen LogP contribution in [0, 0.1) is 0 Å². The molecule has 0 saturated heterocycles. The van der Waals surface area contributed by atoms with Crippen molar-refractivity contribution in [2.45, 2.75) is 143 Å². The molecule has 3 heteroatoms. The molecule has 0 aliphatic rings. The molecule has 0 aromatic carbocycles. The summed E-state index contributed by atoms with van der Waals surface area (Å²) < 4.78 is 0. The summed E-state index contributed by atoms with van der Waals surface area (Å²) >= 11 is 0. The van der Waals surface area contributed by atoms with Crippen molar-refractivity contribution in [3.63, 3.8) is 0 Å². The predicted molar refractivity (Wildman–Crippen MR) is 150 cm³/mol. The Labute approximate surface area is 207 Å². The van der Waals surface area contributed by atoms with Gasteiger partial charge in [-0.3, -0.25) is 4.98 Å². The van der Waals surface area contributed by atoms with Gasteiger partial charge in [-0.05, 0) is 25.5 Å². The standard InChI is InChI=1S/C28H51N3.C2H6/c1-4-5-6-7-8-9-10-11-12-13-14-15-16-17-18-19-20-21-26-31(3)27(2)30-28-22-24-29-25-23-28;1-2/h22-25H,4-21,26H2,1-3H3;1-2H3. The summed E-state index contributed by atoms with van der Waals surface area (Å²) in [5.74, 6) is 1.08. The Balaban J connectivity index is 0.00000497. The first-order valence-electron chi connectivity index (χ1n) is 14.4. The van der Waals surface area contributed by atoms with E-state index in [1.165, 1.54) is 116 Å². The number of hydrogen-bond acceptors (Lipinski definition) is 2. The molecule has 3 nitrogen and oxygen atoms in total. The minimum Gasteiger partial charge on any atom is -0.363 e. The van der Waals surface area contributed by atoms with Gasteiger partial charge in [-0.1, -0.05) is 130 Å². The molecule has 0 radical (unpaired) electrons. The number of unbranched alkanes of at least 4 members (excludes halogenated alkanes) is 17. The SMILES string of the molecule is CC.CCCCCCCCCCCCCCCCCCCCN(C)C(C)=Nc1ccncc1. The minimum absolute atomic E-state index is 0.983. The lowest BCUT2D eigenvalue weighted by Gasteiger charge is -2.18. The van der Waals surface area contributed by atoms with Gasteiger partial charge in [0.25, 0.3) is 0 Å². The molecule has 1 aromatic rings. The van der Waals surface area contributed by atoms with Crippen LogP contribution in [0.1, 0.15) is 143 Å². The molecule has 0 aliphatic heterocycles. The van der Waals surface area contributed by atoms with Gasteiger partial charge in [0.15, 0.2) is 0 Å². The smallest absolute Gasteiger partial charge is 0.101 e. The Morgan fingerprint density at radius 2 is 1.03 bits per heavy atom. The molecule has 0 unspecified atom stereocenters. The molecule has 0 atom stereocenters. The Morgan fingerprint density at radius 1 is 0.667 bits per heavy atom. The molecule has 1 aromatic heterocycles. The maximum Gasteiger partial charge on any atom is 0.101 e. The number of amidine groups is 1. The first kappa shape index (κ1) is 31.6. The van der Waals surface area contributed by atoms with Crippen LogP contribution in [0.4, 0.5) is 5.69 Å². The lowest BCUT2D eigenvalue weighted by molar-refractivity contribution is 0.461. The molecule has 1 heterocycles. The van der Waals surface area contributed by atoms with E-state index in [0.29, 0.717) is 0 Å². The molecular weight excluding hydrogens is 402 g/mol. The maximum atomic E-state index is 4.66. The topological polar surface area (TPSA) is 28.5 Å². The van der Waals surface area contributed by atoms with Gasteiger partial charge in [0.1, 0.15) is 5.84 Å². The zero-order valence-electron chi connectivity index (χ0n) is 23.1. The van der Waals surface area contributed by atoms with Crippen LogP contribution in [-0.2, 0) is 0 Å². The van der Waals surface area contributed by atoms with Crippen molar-refractivity contribution in [3.05, 3.63) is 24.5 Å². The summed E-state index contributed by atoms with van der Waals surface area (Å²) in [6, 6.07) is 3.90. The Morgan fingerprint density at radius 3 is 1.42 bits per heavy atom. The fourth-order valence-corrected chi connectivity index (χ4v) is 4.10. The van der Waals surface area contributed by atoms with Crippen LogP contribution in [0.25, 0.3) is 0 Å². The first-order chi connectivity index (χ1) is 16.2. The Hall–Kier alpha value is -1.38. The largest absolute Gasteiger partial charge is 0.363 e. The molecule has 192 valence electrons. The third-order valence-electron chi connectivity index (χ3n) is 6.35. The quantitative estimate of drug-likeness (QED) is 0.110. The minimum atomic E-state index is 0.983. The van der Waals surface area contributed by atoms with Gasteiger partial charge < -0.3 is 4.90 Å². The summed E-state index contributed by atoms with van der Waals surface area (Å²) in [6.07, 6.45) is 29.3. The summed E-state index contributed by atoms with van der Waals surface area (Å²) in [6.45, 7) is 9.48. The van der Waals surface area contributed by atoms with Gasteiger partial charge >= 0.3 is 0 Å². The normalized spacial score (nSPS) is 11.2. The van der Waals surface area contributed by atoms with Gasteiger partial charge in [0.2, 0.25) is 0 Å². The van der Waals surface area contributed by atoms with E-state index in [9.17, 15) is 0 Å². The molecule has 0 spiro atoms. The van der Waals surface area contributed by atoms with Crippen LogP contribution < -0.4 is 0 Å². The molecule has 0 amide bonds. The number of rotatable bonds is 20. The second-order valence-corrected chi connectivity index (χ2v) is 9.30. The van der Waals surface area contributed by atoms with Gasteiger partial charge in [-0.15, -0.1) is 0 Å². The van der Waals surface area contributed by atoms with Crippen LogP contribution in [0.5, 0.6) is 0 Å². The van der Waals surface area contributed by atoms with Gasteiger partial charge in [0.05, 0.1) is 5.69 Å². The third-order valence-corrected chi connectivity index (χ3v) is 6.35. The van der Waals surface area contributed by atoms with Crippen molar-refractivity contribution in [2.75, 3.05) is 13.6 Å². The zero-order valence-corrected chi connectivity index (χ0v) is 23.1. The molecule has 0 aliphatic carbocycles. The van der Waals surface area contributed by atoms with Crippen molar-refractivity contribution in [3.8, 4) is 0 Å². The van der Waals surface area contributed by atoms with Gasteiger partial charge in [-0.25, -0.2) is 4.99 Å². The second kappa shape index (κ2) is 25.2. The lowest BCUT2D eigenvalue weighted by atomic mass is 10.0. The summed E-state index contributed by atoms with van der Waals surface area (Å²) in [5, 5.41) is 0. The number of aliphatic imine (C=N–C) groups is 1. The van der Waals surface area contributed by atoms with Crippen molar-refractivity contribution < 1.29 is 0 Å². The number of hydrogen-bond donors (Lipinski definition) is 0. The van der Waals surface area contributed by atoms with Crippen molar-refractivity contribution in [1.29, 1.82) is 0 Å². The van der Waals surface area contributed by atoms with E-state index in [1.54, 1.807) is 12.4 Å². The highest BCUT2D eigenvalue weighted by atomic mass is 15.2. The van der Waals surface area contributed by atoms with E-state index in [-0.39, 0.29) is 0 Å². The molecule has 0 bridgehead atoms. The van der Waals surface area contributed by atoms with E-state index < -0.39 is 0 Å². The average Bonchev–Trinajstić information content (AvgIpc) is 2.85. The van der Waals surface area contributed by atoms with Crippen molar-refractivity contribution >= 4 is 11.5 Å². The van der Waals surface area contributed by atoms with Crippen LogP contribution in [0.3, 0.4) is 0 Å². The highest BCUT2D eigenvalue weighted by molar-refractivity contribution is 5.82. The van der Waals surface area contributed by atoms with E-state index in [4.69, 9.17) is 0 Å². The summed E-state index contributed by atoms with van der Waals surface area (Å²) in [5.41, 5.74) is 0.983. The van der Waals surface area contributed by atoms with Gasteiger partial charge in [0, 0.05) is 26.0 Å². The monoisotopic (exact) mass is 459 g/mol. The fourth-order valence-electron chi connectivity index (χ4n) is 4.10. The van der Waals surface area contributed by atoms with Crippen LogP contribution >= 0.6 is 0 Å². The van der Waals surface area contributed by atoms with E-state index in [2.05, 4.69) is 35.8 Å². The van der Waals surface area contributed by atoms with E-state index >= 15 is 0 Å². The van der Waals surface area contributed by atoms with Crippen LogP contribution in [0.15, 0.2) is 29.5 Å². The van der Waals surface area contributed by atoms with Crippen molar-refractivity contribution in [2.24, 2.45) is 4.99 Å². The molecule has 0 N–H and O–H groups in total. The van der Waals surface area contributed by atoms with E-state index in [0.717, 1.165) is 18.1 Å². The molecule has 0 saturated carbocycles. The molecule has 33 heavy (non-hydrogen) atoms. The number of nitrogens with zero attached hydrogens (tertiary/aromatic N) is 3. The van der Waals surface area contributed by atoms with Crippen molar-refractivity contribution in [1.82, 2.24) is 9.88 Å². The highest BCUT2D eigenvalue weighted by Crippen LogP contribution is 2.15. The van der Waals surface area contributed by atoms with Gasteiger partial charge in [-0.2, -0.15) is 0 Å². The predicted octanol–water partition coefficient (Wildman–Crippen LogP) is 10.1. The number of pyridine rings is 1. The number of aromatic nitrogens is 1. The summed E-state index contributed by atoms with van der Waals surface area (Å²) in [7, 11) is 2.15. The molecule has 1 rings (SSSR count). The van der Waals surface area contributed by atoms with Crippen LogP contribution in [-0.4, -0.2) is 29.3 Å². The molecule has 0 fully saturated rings. The highest BCUT2D eigenvalue weighted by Gasteiger charge is 2.01. The Kier molecular flexibility index (Phi) is 24.2. The first-order valence-corrected chi connectivity index (χ1v) is 14.4. The lowest BCUT2D eigenvalue weighted by Crippen LogP contribution is -2.25. The second-order valence-electron chi connectivity index (χ2n) is 9.30. The Bertz CT molecular complexity index is 527. The third kappa shape index (κ3) is 20.9. The molecular formula is C30H57N3. The van der Waals surface area contributed by atoms with E-state index in [1.807, 2.05) is 26.0 Å². The zero-order chi connectivity index (χ0) is 24.4. The van der Waals surface area contributed by atoms with Crippen LogP contribution in [0.2, 0.25) is 0 Å². The average molecular weight is 460 g/mol.